The molecule has 0 bridgehead atoms. The van der Waals surface area contributed by atoms with E-state index in [1.54, 1.807) is 13.8 Å². The number of hydrogen-bond donors (Lipinski definition) is 0. The highest BCUT2D eigenvalue weighted by Gasteiger charge is 2.28. The van der Waals surface area contributed by atoms with Crippen molar-refractivity contribution in [3.8, 4) is 6.07 Å². The maximum absolute atomic E-state index is 11.9. The van der Waals surface area contributed by atoms with Crippen LogP contribution in [0.25, 0.3) is 0 Å². The van der Waals surface area contributed by atoms with Crippen molar-refractivity contribution in [1.82, 2.24) is 4.90 Å². The Labute approximate surface area is 137 Å². The molecule has 0 heterocycles. The summed E-state index contributed by atoms with van der Waals surface area (Å²) in [4.78, 5) is 34.9. The summed E-state index contributed by atoms with van der Waals surface area (Å²) in [7, 11) is 1.41. The molecule has 0 unspecified atom stereocenters. The zero-order valence-corrected chi connectivity index (χ0v) is 13.5. The van der Waals surface area contributed by atoms with Crippen molar-refractivity contribution >= 4 is 29.2 Å². The fraction of sp³-hybridized carbons (Fsp3) is 0.357. The molecule has 0 saturated carbocycles. The lowest BCUT2D eigenvalue weighted by atomic mass is 10.1. The molecule has 1 aromatic carbocycles. The predicted molar refractivity (Wildman–Crippen MR) is 80.9 cm³/mol. The molecule has 0 fully saturated rings. The Morgan fingerprint density at radius 3 is 2.57 bits per heavy atom. The van der Waals surface area contributed by atoms with Crippen LogP contribution < -0.4 is 0 Å². The van der Waals surface area contributed by atoms with Gasteiger partial charge in [0, 0.05) is 19.2 Å². The summed E-state index contributed by atoms with van der Waals surface area (Å²) in [6.07, 6.45) is 0. The van der Waals surface area contributed by atoms with Crippen molar-refractivity contribution in [1.29, 1.82) is 5.26 Å². The third-order valence-electron chi connectivity index (χ3n) is 3.20. The van der Waals surface area contributed by atoms with E-state index in [1.165, 1.54) is 7.05 Å². The summed E-state index contributed by atoms with van der Waals surface area (Å²) in [6.45, 7) is 2.51. The summed E-state index contributed by atoms with van der Waals surface area (Å²) < 4.78 is 4.84. The van der Waals surface area contributed by atoms with Crippen LogP contribution in [0.2, 0.25) is 5.02 Å². The van der Waals surface area contributed by atoms with Crippen molar-refractivity contribution in [2.45, 2.75) is 19.4 Å². The van der Waals surface area contributed by atoms with Gasteiger partial charge in [-0.1, -0.05) is 11.6 Å². The highest BCUT2D eigenvalue weighted by molar-refractivity contribution is 6.33. The molecule has 9 heteroatoms. The third kappa shape index (κ3) is 4.40. The second-order valence-electron chi connectivity index (χ2n) is 5.12. The second kappa shape index (κ2) is 7.07. The Kier molecular flexibility index (Phi) is 5.65. The number of ether oxygens (including phenoxy) is 1. The average molecular weight is 340 g/mol. The van der Waals surface area contributed by atoms with Gasteiger partial charge in [0.05, 0.1) is 21.6 Å². The number of nitriles is 1. The average Bonchev–Trinajstić information content (AvgIpc) is 2.51. The Bertz CT molecular complexity index is 696. The predicted octanol–water partition coefficient (Wildman–Crippen LogP) is 2.17. The summed E-state index contributed by atoms with van der Waals surface area (Å²) in [5, 5.41) is 19.4. The van der Waals surface area contributed by atoms with Crippen molar-refractivity contribution in [2.75, 3.05) is 13.7 Å². The molecule has 0 spiro atoms. The molecule has 0 aromatic heterocycles. The summed E-state index contributed by atoms with van der Waals surface area (Å²) >= 11 is 5.80. The minimum atomic E-state index is -1.05. The molecule has 23 heavy (non-hydrogen) atoms. The maximum atomic E-state index is 11.9. The highest BCUT2D eigenvalue weighted by Crippen LogP contribution is 2.23. The van der Waals surface area contributed by atoms with Gasteiger partial charge in [-0.3, -0.25) is 14.9 Å². The molecule has 1 rings (SSSR count). The number of non-ortho nitro benzene ring substituents is 1. The normalized spacial score (nSPS) is 10.6. The first kappa shape index (κ1) is 18.4. The molecule has 0 aliphatic rings. The first-order chi connectivity index (χ1) is 10.6. The molecule has 0 aliphatic heterocycles. The Morgan fingerprint density at radius 1 is 1.48 bits per heavy atom. The Hall–Kier alpha value is -2.66. The number of amides is 1. The van der Waals surface area contributed by atoms with Crippen LogP contribution in [0.5, 0.6) is 0 Å². The zero-order chi connectivity index (χ0) is 17.8. The number of rotatable bonds is 5. The number of nitro benzene ring substituents is 1. The maximum Gasteiger partial charge on any atom is 0.340 e. The Morgan fingerprint density at radius 2 is 2.09 bits per heavy atom. The fourth-order valence-corrected chi connectivity index (χ4v) is 1.72. The molecular formula is C14H14ClN3O5. The first-order valence-corrected chi connectivity index (χ1v) is 6.77. The van der Waals surface area contributed by atoms with Crippen molar-refractivity contribution < 1.29 is 19.2 Å². The van der Waals surface area contributed by atoms with Gasteiger partial charge in [0.1, 0.15) is 5.54 Å². The van der Waals surface area contributed by atoms with Crippen LogP contribution in [0.1, 0.15) is 24.2 Å². The van der Waals surface area contributed by atoms with Gasteiger partial charge < -0.3 is 9.64 Å². The monoisotopic (exact) mass is 339 g/mol. The lowest BCUT2D eigenvalue weighted by molar-refractivity contribution is -0.384. The molecular weight excluding hydrogens is 326 g/mol. The molecule has 1 aromatic rings. The number of benzene rings is 1. The Balaban J connectivity index is 2.77. The smallest absolute Gasteiger partial charge is 0.340 e. The van der Waals surface area contributed by atoms with Gasteiger partial charge in [0.25, 0.3) is 11.6 Å². The van der Waals surface area contributed by atoms with E-state index in [-0.39, 0.29) is 16.3 Å². The van der Waals surface area contributed by atoms with Gasteiger partial charge in [0.15, 0.2) is 6.61 Å². The molecule has 1 amide bonds. The second-order valence-corrected chi connectivity index (χ2v) is 5.53. The number of esters is 1. The number of hydrogen-bond acceptors (Lipinski definition) is 6. The minimum absolute atomic E-state index is 0.0905. The number of halogens is 1. The molecule has 8 nitrogen and oxygen atoms in total. The van der Waals surface area contributed by atoms with Crippen LogP contribution in [0, 0.1) is 21.4 Å². The van der Waals surface area contributed by atoms with E-state index < -0.39 is 28.9 Å². The van der Waals surface area contributed by atoms with E-state index in [9.17, 15) is 19.7 Å². The number of carbonyl (C=O) groups is 2. The molecule has 0 N–H and O–H groups in total. The number of likely N-dealkylation sites (N-methyl/N-ethyl adjacent to an activating group) is 1. The topological polar surface area (TPSA) is 114 Å². The SMILES string of the molecule is CN(C(=O)COC(=O)c1ccc([N+](=O)[O-])cc1Cl)C(C)(C)C#N. The van der Waals surface area contributed by atoms with Gasteiger partial charge in [-0.2, -0.15) is 5.26 Å². The van der Waals surface area contributed by atoms with E-state index >= 15 is 0 Å². The first-order valence-electron chi connectivity index (χ1n) is 6.39. The van der Waals surface area contributed by atoms with E-state index in [0.717, 1.165) is 23.1 Å². The fourth-order valence-electron chi connectivity index (χ4n) is 1.47. The van der Waals surface area contributed by atoms with Crippen LogP contribution in [0.4, 0.5) is 5.69 Å². The van der Waals surface area contributed by atoms with Gasteiger partial charge in [-0.15, -0.1) is 0 Å². The summed E-state index contributed by atoms with van der Waals surface area (Å²) in [5.41, 5.74) is -1.40. The van der Waals surface area contributed by atoms with Crippen LogP contribution in [-0.4, -0.2) is 40.9 Å². The van der Waals surface area contributed by atoms with Gasteiger partial charge >= 0.3 is 5.97 Å². The van der Waals surface area contributed by atoms with Crippen molar-refractivity contribution in [3.63, 3.8) is 0 Å². The number of carbonyl (C=O) groups excluding carboxylic acids is 2. The molecule has 0 radical (unpaired) electrons. The zero-order valence-electron chi connectivity index (χ0n) is 12.7. The van der Waals surface area contributed by atoms with E-state index in [1.807, 2.05) is 6.07 Å². The third-order valence-corrected chi connectivity index (χ3v) is 3.51. The lowest BCUT2D eigenvalue weighted by Crippen LogP contribution is -2.45. The van der Waals surface area contributed by atoms with E-state index in [0.29, 0.717) is 0 Å². The van der Waals surface area contributed by atoms with E-state index in [4.69, 9.17) is 21.6 Å². The quantitative estimate of drug-likeness (QED) is 0.461. The molecule has 0 atom stereocenters. The van der Waals surface area contributed by atoms with Crippen LogP contribution >= 0.6 is 11.6 Å². The molecule has 122 valence electrons. The largest absolute Gasteiger partial charge is 0.452 e. The highest BCUT2D eigenvalue weighted by atomic mass is 35.5. The number of nitrogens with zero attached hydrogens (tertiary/aromatic N) is 3. The van der Waals surface area contributed by atoms with Crippen molar-refractivity contribution in [3.05, 3.63) is 38.9 Å². The van der Waals surface area contributed by atoms with Crippen molar-refractivity contribution in [2.24, 2.45) is 0 Å². The van der Waals surface area contributed by atoms with Gasteiger partial charge in [-0.05, 0) is 19.9 Å². The lowest BCUT2D eigenvalue weighted by Gasteiger charge is -2.28. The number of nitro groups is 1. The van der Waals surface area contributed by atoms with Crippen LogP contribution in [0.3, 0.4) is 0 Å². The van der Waals surface area contributed by atoms with Gasteiger partial charge in [0.2, 0.25) is 0 Å². The summed E-state index contributed by atoms with van der Waals surface area (Å²) in [5.74, 6) is -1.45. The molecule has 0 aliphatic carbocycles. The van der Waals surface area contributed by atoms with Crippen LogP contribution in [-0.2, 0) is 9.53 Å². The standard InChI is InChI=1S/C14H14ClN3O5/c1-14(2,8-16)17(3)12(19)7-23-13(20)10-5-4-9(18(21)22)6-11(10)15/h4-6H,7H2,1-3H3. The van der Waals surface area contributed by atoms with E-state index in [2.05, 4.69) is 0 Å². The van der Waals surface area contributed by atoms with Crippen LogP contribution in [0.15, 0.2) is 18.2 Å². The molecule has 0 saturated heterocycles. The minimum Gasteiger partial charge on any atom is -0.452 e. The summed E-state index contributed by atoms with van der Waals surface area (Å²) in [6, 6.07) is 5.22. The van der Waals surface area contributed by atoms with Gasteiger partial charge in [-0.25, -0.2) is 4.79 Å².